The van der Waals surface area contributed by atoms with Gasteiger partial charge in [0.25, 0.3) is 0 Å². The van der Waals surface area contributed by atoms with Crippen LogP contribution in [0.4, 0.5) is 0 Å². The van der Waals surface area contributed by atoms with E-state index >= 15 is 0 Å². The number of aromatic nitrogens is 2. The molecule has 1 atom stereocenters. The van der Waals surface area contributed by atoms with Crippen molar-refractivity contribution < 1.29 is 5.11 Å². The Kier molecular flexibility index (Phi) is 5.12. The van der Waals surface area contributed by atoms with Crippen molar-refractivity contribution in [3.05, 3.63) is 48.3 Å². The van der Waals surface area contributed by atoms with E-state index in [1.54, 1.807) is 0 Å². The van der Waals surface area contributed by atoms with Crippen LogP contribution < -0.4 is 5.32 Å². The van der Waals surface area contributed by atoms with Gasteiger partial charge in [0.2, 0.25) is 0 Å². The first-order valence-corrected chi connectivity index (χ1v) is 6.76. The van der Waals surface area contributed by atoms with Crippen LogP contribution in [-0.2, 0) is 6.54 Å². The number of hydrogen-bond acceptors (Lipinski definition) is 3. The Labute approximate surface area is 114 Å². The lowest BCUT2D eigenvalue weighted by Crippen LogP contribution is -2.28. The summed E-state index contributed by atoms with van der Waals surface area (Å²) in [6.07, 6.45) is 5.73. The average molecular weight is 259 g/mol. The van der Waals surface area contributed by atoms with Gasteiger partial charge in [-0.25, -0.2) is 4.68 Å². The molecule has 0 bridgehead atoms. The zero-order valence-corrected chi connectivity index (χ0v) is 11.3. The molecule has 0 aliphatic heterocycles. The molecule has 0 radical (unpaired) electrons. The normalized spacial score (nSPS) is 12.5. The van der Waals surface area contributed by atoms with E-state index in [9.17, 15) is 0 Å². The van der Waals surface area contributed by atoms with Crippen LogP contribution in [-0.4, -0.2) is 27.5 Å². The average Bonchev–Trinajstić information content (AvgIpc) is 2.93. The quantitative estimate of drug-likeness (QED) is 0.801. The van der Waals surface area contributed by atoms with Crippen LogP contribution in [0, 0.1) is 0 Å². The lowest BCUT2D eigenvalue weighted by Gasteiger charge is -2.14. The maximum Gasteiger partial charge on any atom is 0.0645 e. The second-order valence-corrected chi connectivity index (χ2v) is 4.63. The molecule has 1 unspecified atom stereocenters. The van der Waals surface area contributed by atoms with Gasteiger partial charge in [0.05, 0.1) is 11.9 Å². The van der Waals surface area contributed by atoms with Crippen LogP contribution in [0.1, 0.15) is 25.3 Å². The summed E-state index contributed by atoms with van der Waals surface area (Å²) in [6, 6.07) is 10.4. The molecule has 0 aliphatic rings. The number of nitrogens with one attached hydrogen (secondary N) is 1. The molecule has 19 heavy (non-hydrogen) atoms. The van der Waals surface area contributed by atoms with Crippen molar-refractivity contribution >= 4 is 0 Å². The largest absolute Gasteiger partial charge is 0.396 e. The van der Waals surface area contributed by atoms with E-state index in [4.69, 9.17) is 5.11 Å². The number of para-hydroxylation sites is 1. The molecular weight excluding hydrogens is 238 g/mol. The van der Waals surface area contributed by atoms with Gasteiger partial charge in [-0.3, -0.25) is 0 Å². The summed E-state index contributed by atoms with van der Waals surface area (Å²) >= 11 is 0. The lowest BCUT2D eigenvalue weighted by atomic mass is 10.1. The Morgan fingerprint density at radius 2 is 2.11 bits per heavy atom. The van der Waals surface area contributed by atoms with Gasteiger partial charge in [0.15, 0.2) is 0 Å². The first-order chi connectivity index (χ1) is 9.33. The molecule has 0 fully saturated rings. The zero-order chi connectivity index (χ0) is 13.5. The van der Waals surface area contributed by atoms with E-state index in [1.165, 1.54) is 0 Å². The van der Waals surface area contributed by atoms with E-state index in [0.717, 1.165) is 30.6 Å². The molecule has 0 saturated carbocycles. The lowest BCUT2D eigenvalue weighted by molar-refractivity contribution is 0.262. The van der Waals surface area contributed by atoms with Crippen molar-refractivity contribution in [1.29, 1.82) is 0 Å². The summed E-state index contributed by atoms with van der Waals surface area (Å²) < 4.78 is 1.88. The molecule has 1 aromatic carbocycles. The number of nitrogens with zero attached hydrogens (tertiary/aromatic N) is 2. The number of aliphatic hydroxyl groups excluding tert-OH is 1. The van der Waals surface area contributed by atoms with Crippen molar-refractivity contribution in [2.24, 2.45) is 0 Å². The topological polar surface area (TPSA) is 50.1 Å². The van der Waals surface area contributed by atoms with E-state index in [-0.39, 0.29) is 6.61 Å². The Bertz CT molecular complexity index is 481. The summed E-state index contributed by atoms with van der Waals surface area (Å²) in [7, 11) is 0. The minimum atomic E-state index is 0.231. The van der Waals surface area contributed by atoms with Crippen LogP contribution in [0.2, 0.25) is 0 Å². The maximum absolute atomic E-state index is 8.96. The van der Waals surface area contributed by atoms with Crippen molar-refractivity contribution in [3.8, 4) is 5.69 Å². The number of rotatable bonds is 7. The standard InChI is InChI=1S/C15H21N3O/c1-2-14(8-9-19)16-10-13-11-17-18(12-13)15-6-4-3-5-7-15/h3-7,11-12,14,16,19H,2,8-10H2,1H3. The third-order valence-electron chi connectivity index (χ3n) is 3.22. The monoisotopic (exact) mass is 259 g/mol. The van der Waals surface area contributed by atoms with Crippen LogP contribution in [0.5, 0.6) is 0 Å². The van der Waals surface area contributed by atoms with E-state index in [1.807, 2.05) is 47.4 Å². The van der Waals surface area contributed by atoms with Crippen LogP contribution >= 0.6 is 0 Å². The summed E-state index contributed by atoms with van der Waals surface area (Å²) in [4.78, 5) is 0. The van der Waals surface area contributed by atoms with Crippen molar-refractivity contribution in [2.45, 2.75) is 32.4 Å². The highest BCUT2D eigenvalue weighted by molar-refractivity contribution is 5.30. The SMILES string of the molecule is CCC(CCO)NCc1cnn(-c2ccccc2)c1. The first kappa shape index (κ1) is 13.8. The third-order valence-corrected chi connectivity index (χ3v) is 3.22. The summed E-state index contributed by atoms with van der Waals surface area (Å²) in [5, 5.41) is 16.8. The van der Waals surface area contributed by atoms with Gasteiger partial charge in [0.1, 0.15) is 0 Å². The highest BCUT2D eigenvalue weighted by Crippen LogP contribution is 2.08. The second-order valence-electron chi connectivity index (χ2n) is 4.63. The fourth-order valence-corrected chi connectivity index (χ4v) is 2.04. The Morgan fingerprint density at radius 3 is 2.79 bits per heavy atom. The second kappa shape index (κ2) is 7.07. The van der Waals surface area contributed by atoms with Crippen molar-refractivity contribution in [3.63, 3.8) is 0 Å². The van der Waals surface area contributed by atoms with Crippen molar-refractivity contribution in [1.82, 2.24) is 15.1 Å². The molecule has 1 aromatic heterocycles. The minimum absolute atomic E-state index is 0.231. The number of aliphatic hydroxyl groups is 1. The fraction of sp³-hybridized carbons (Fsp3) is 0.400. The van der Waals surface area contributed by atoms with Crippen LogP contribution in [0.3, 0.4) is 0 Å². The molecule has 0 amide bonds. The van der Waals surface area contributed by atoms with E-state index in [2.05, 4.69) is 17.3 Å². The van der Waals surface area contributed by atoms with Gasteiger partial charge in [0, 0.05) is 31.0 Å². The molecular formula is C15H21N3O. The smallest absolute Gasteiger partial charge is 0.0645 e. The number of benzene rings is 1. The molecule has 4 heteroatoms. The molecule has 2 rings (SSSR count). The predicted molar refractivity (Wildman–Crippen MR) is 76.2 cm³/mol. The van der Waals surface area contributed by atoms with E-state index < -0.39 is 0 Å². The van der Waals surface area contributed by atoms with E-state index in [0.29, 0.717) is 6.04 Å². The van der Waals surface area contributed by atoms with Crippen LogP contribution in [0.15, 0.2) is 42.7 Å². The zero-order valence-electron chi connectivity index (χ0n) is 11.3. The van der Waals surface area contributed by atoms with Gasteiger partial charge < -0.3 is 10.4 Å². The van der Waals surface area contributed by atoms with Gasteiger partial charge in [-0.05, 0) is 25.0 Å². The first-order valence-electron chi connectivity index (χ1n) is 6.76. The molecule has 0 aliphatic carbocycles. The Balaban J connectivity index is 1.94. The fourth-order valence-electron chi connectivity index (χ4n) is 2.04. The summed E-state index contributed by atoms with van der Waals surface area (Å²) in [5.41, 5.74) is 2.22. The molecule has 2 aromatic rings. The molecule has 4 nitrogen and oxygen atoms in total. The maximum atomic E-state index is 8.96. The predicted octanol–water partition coefficient (Wildman–Crippen LogP) is 2.12. The molecule has 0 saturated heterocycles. The molecule has 2 N–H and O–H groups in total. The van der Waals surface area contributed by atoms with Gasteiger partial charge in [-0.15, -0.1) is 0 Å². The summed E-state index contributed by atoms with van der Waals surface area (Å²) in [5.74, 6) is 0. The Morgan fingerprint density at radius 1 is 1.32 bits per heavy atom. The third kappa shape index (κ3) is 3.91. The summed E-state index contributed by atoms with van der Waals surface area (Å²) in [6.45, 7) is 3.14. The number of hydrogen-bond donors (Lipinski definition) is 2. The Hall–Kier alpha value is -1.65. The highest BCUT2D eigenvalue weighted by atomic mass is 16.3. The van der Waals surface area contributed by atoms with Gasteiger partial charge in [-0.2, -0.15) is 5.10 Å². The van der Waals surface area contributed by atoms with Crippen molar-refractivity contribution in [2.75, 3.05) is 6.61 Å². The van der Waals surface area contributed by atoms with Gasteiger partial charge in [-0.1, -0.05) is 25.1 Å². The molecule has 0 spiro atoms. The van der Waals surface area contributed by atoms with Crippen LogP contribution in [0.25, 0.3) is 5.69 Å². The highest BCUT2D eigenvalue weighted by Gasteiger charge is 2.06. The molecule has 1 heterocycles. The van der Waals surface area contributed by atoms with Gasteiger partial charge >= 0.3 is 0 Å². The minimum Gasteiger partial charge on any atom is -0.396 e. The molecule has 102 valence electrons.